The minimum atomic E-state index is -0.453. The Morgan fingerprint density at radius 2 is 2.17 bits per heavy atom. The molecule has 1 aromatic heterocycles. The van der Waals surface area contributed by atoms with E-state index in [0.717, 1.165) is 34.4 Å². The molecule has 2 aromatic rings. The Balaban J connectivity index is 1.84. The number of aliphatic hydroxyl groups excluding tert-OH is 1. The predicted molar refractivity (Wildman–Crippen MR) is 93.2 cm³/mol. The molecule has 1 N–H and O–H groups in total. The number of halogens is 1. The van der Waals surface area contributed by atoms with E-state index in [1.54, 1.807) is 19.1 Å². The first-order valence-corrected chi connectivity index (χ1v) is 8.42. The van der Waals surface area contributed by atoms with Crippen molar-refractivity contribution in [2.45, 2.75) is 31.8 Å². The molecule has 0 fully saturated rings. The summed E-state index contributed by atoms with van der Waals surface area (Å²) in [4.78, 5) is 4.84. The summed E-state index contributed by atoms with van der Waals surface area (Å²) in [5.41, 5.74) is 4.21. The standard InChI is InChI=1S/C20H21FN2O/c1-12(24)9-16-15-11-14(21)8-7-13(15)10-17(16)20-22-18-5-3-4-6-19(18)23(20)2/h3-8,11-13,17,24H,9-10H2,1-2H3. The molecule has 0 amide bonds. The minimum Gasteiger partial charge on any atom is -0.393 e. The average molecular weight is 324 g/mol. The van der Waals surface area contributed by atoms with Crippen LogP contribution in [0.15, 0.2) is 59.5 Å². The molecule has 2 aliphatic rings. The third kappa shape index (κ3) is 2.42. The van der Waals surface area contributed by atoms with Gasteiger partial charge in [0.1, 0.15) is 11.7 Å². The maximum absolute atomic E-state index is 13.8. The number of benzene rings is 1. The fourth-order valence-electron chi connectivity index (χ4n) is 4.06. The van der Waals surface area contributed by atoms with Crippen molar-refractivity contribution in [3.63, 3.8) is 0 Å². The SMILES string of the molecule is CC(O)CC1=C2C=C(F)C=CC2CC1c1nc2ccccc2n1C. The lowest BCUT2D eigenvalue weighted by Crippen LogP contribution is -2.10. The third-order valence-electron chi connectivity index (χ3n) is 5.11. The van der Waals surface area contributed by atoms with E-state index >= 15 is 0 Å². The van der Waals surface area contributed by atoms with Gasteiger partial charge in [0.2, 0.25) is 0 Å². The van der Waals surface area contributed by atoms with Crippen LogP contribution in [0.3, 0.4) is 0 Å². The molecule has 3 nitrogen and oxygen atoms in total. The summed E-state index contributed by atoms with van der Waals surface area (Å²) in [5, 5.41) is 9.95. The molecular weight excluding hydrogens is 303 g/mol. The number of fused-ring (bicyclic) bond motifs is 2. The third-order valence-corrected chi connectivity index (χ3v) is 5.11. The van der Waals surface area contributed by atoms with Crippen molar-refractivity contribution in [3.05, 3.63) is 65.3 Å². The van der Waals surface area contributed by atoms with Crippen molar-refractivity contribution < 1.29 is 9.50 Å². The topological polar surface area (TPSA) is 38.1 Å². The lowest BCUT2D eigenvalue weighted by molar-refractivity contribution is 0.193. The summed E-state index contributed by atoms with van der Waals surface area (Å²) in [5.74, 6) is 1.11. The monoisotopic (exact) mass is 324 g/mol. The van der Waals surface area contributed by atoms with E-state index < -0.39 is 6.10 Å². The van der Waals surface area contributed by atoms with E-state index in [4.69, 9.17) is 4.98 Å². The molecule has 3 unspecified atom stereocenters. The molecule has 0 spiro atoms. The van der Waals surface area contributed by atoms with Gasteiger partial charge in [0, 0.05) is 18.9 Å². The van der Waals surface area contributed by atoms with Crippen LogP contribution in [0.4, 0.5) is 4.39 Å². The fourth-order valence-corrected chi connectivity index (χ4v) is 4.06. The van der Waals surface area contributed by atoms with Gasteiger partial charge < -0.3 is 9.67 Å². The van der Waals surface area contributed by atoms with Gasteiger partial charge in [-0.25, -0.2) is 9.37 Å². The van der Waals surface area contributed by atoms with Crippen molar-refractivity contribution in [1.29, 1.82) is 0 Å². The highest BCUT2D eigenvalue weighted by molar-refractivity contribution is 5.76. The molecule has 0 radical (unpaired) electrons. The number of imidazole rings is 1. The molecule has 1 aromatic carbocycles. The molecule has 3 atom stereocenters. The van der Waals surface area contributed by atoms with Gasteiger partial charge in [-0.05, 0) is 49.6 Å². The first-order chi connectivity index (χ1) is 11.5. The number of nitrogens with zero attached hydrogens (tertiary/aromatic N) is 2. The summed E-state index contributed by atoms with van der Waals surface area (Å²) in [6.45, 7) is 1.78. The molecule has 4 rings (SSSR count). The highest BCUT2D eigenvalue weighted by atomic mass is 19.1. The van der Waals surface area contributed by atoms with E-state index in [1.807, 2.05) is 31.3 Å². The molecular formula is C20H21FN2O. The number of allylic oxidation sites excluding steroid dienone is 5. The Bertz CT molecular complexity index is 888. The van der Waals surface area contributed by atoms with Crippen LogP contribution in [0.1, 0.15) is 31.5 Å². The summed E-state index contributed by atoms with van der Waals surface area (Å²) in [6, 6.07) is 8.08. The van der Waals surface area contributed by atoms with Crippen LogP contribution in [0.25, 0.3) is 11.0 Å². The Kier molecular flexibility index (Phi) is 3.65. The van der Waals surface area contributed by atoms with Gasteiger partial charge >= 0.3 is 0 Å². The van der Waals surface area contributed by atoms with Crippen LogP contribution in [0.5, 0.6) is 0 Å². The molecule has 4 heteroatoms. The highest BCUT2D eigenvalue weighted by Crippen LogP contribution is 2.47. The number of aliphatic hydroxyl groups is 1. The lowest BCUT2D eigenvalue weighted by Gasteiger charge is -2.17. The highest BCUT2D eigenvalue weighted by Gasteiger charge is 2.36. The van der Waals surface area contributed by atoms with Crippen LogP contribution in [-0.2, 0) is 7.05 Å². The van der Waals surface area contributed by atoms with Crippen LogP contribution in [-0.4, -0.2) is 20.8 Å². The quantitative estimate of drug-likeness (QED) is 0.920. The van der Waals surface area contributed by atoms with Gasteiger partial charge in [0.05, 0.1) is 17.1 Å². The van der Waals surface area contributed by atoms with Gasteiger partial charge in [-0.3, -0.25) is 0 Å². The molecule has 124 valence electrons. The Morgan fingerprint density at radius 3 is 2.92 bits per heavy atom. The first-order valence-electron chi connectivity index (χ1n) is 8.42. The normalized spacial score (nSPS) is 24.4. The summed E-state index contributed by atoms with van der Waals surface area (Å²) >= 11 is 0. The fraction of sp³-hybridized carbons (Fsp3) is 0.350. The molecule has 0 bridgehead atoms. The van der Waals surface area contributed by atoms with E-state index in [2.05, 4.69) is 10.6 Å². The zero-order valence-electron chi connectivity index (χ0n) is 13.9. The average Bonchev–Trinajstić information content (AvgIpc) is 3.06. The van der Waals surface area contributed by atoms with E-state index in [9.17, 15) is 9.50 Å². The van der Waals surface area contributed by atoms with Gasteiger partial charge in [-0.1, -0.05) is 23.8 Å². The summed E-state index contributed by atoms with van der Waals surface area (Å²) < 4.78 is 15.9. The number of rotatable bonds is 3. The van der Waals surface area contributed by atoms with Gasteiger partial charge in [0.15, 0.2) is 0 Å². The van der Waals surface area contributed by atoms with Gasteiger partial charge in [-0.15, -0.1) is 0 Å². The molecule has 0 saturated heterocycles. The lowest BCUT2D eigenvalue weighted by atomic mass is 9.94. The van der Waals surface area contributed by atoms with E-state index in [-0.39, 0.29) is 17.7 Å². The van der Waals surface area contributed by atoms with Crippen LogP contribution in [0.2, 0.25) is 0 Å². The van der Waals surface area contributed by atoms with Crippen LogP contribution >= 0.6 is 0 Å². The zero-order chi connectivity index (χ0) is 16.8. The van der Waals surface area contributed by atoms with Crippen molar-refractivity contribution in [3.8, 4) is 0 Å². The maximum atomic E-state index is 13.8. The molecule has 0 saturated carbocycles. The van der Waals surface area contributed by atoms with Crippen molar-refractivity contribution >= 4 is 11.0 Å². The first kappa shape index (κ1) is 15.3. The van der Waals surface area contributed by atoms with E-state index in [0.29, 0.717) is 6.42 Å². The number of aryl methyl sites for hydroxylation is 1. The largest absolute Gasteiger partial charge is 0.393 e. The van der Waals surface area contributed by atoms with Crippen molar-refractivity contribution in [1.82, 2.24) is 9.55 Å². The summed E-state index contributed by atoms with van der Waals surface area (Å²) in [6.07, 6.45) is 6.10. The molecule has 1 heterocycles. The maximum Gasteiger partial charge on any atom is 0.123 e. The van der Waals surface area contributed by atoms with E-state index in [1.165, 1.54) is 0 Å². The van der Waals surface area contributed by atoms with Gasteiger partial charge in [-0.2, -0.15) is 0 Å². The minimum absolute atomic E-state index is 0.115. The molecule has 0 aliphatic heterocycles. The Hall–Kier alpha value is -2.20. The Labute approximate surface area is 140 Å². The predicted octanol–water partition coefficient (Wildman–Crippen LogP) is 4.17. The number of para-hydroxylation sites is 2. The number of hydrogen-bond donors (Lipinski definition) is 1. The van der Waals surface area contributed by atoms with Crippen molar-refractivity contribution in [2.75, 3.05) is 0 Å². The Morgan fingerprint density at radius 1 is 1.38 bits per heavy atom. The smallest absolute Gasteiger partial charge is 0.123 e. The van der Waals surface area contributed by atoms with Crippen LogP contribution in [0, 0.1) is 5.92 Å². The second-order valence-electron chi connectivity index (χ2n) is 6.83. The molecule has 24 heavy (non-hydrogen) atoms. The van der Waals surface area contributed by atoms with Crippen molar-refractivity contribution in [2.24, 2.45) is 13.0 Å². The number of aromatic nitrogens is 2. The second kappa shape index (κ2) is 5.71. The zero-order valence-corrected chi connectivity index (χ0v) is 13.9. The second-order valence-corrected chi connectivity index (χ2v) is 6.83. The summed E-state index contributed by atoms with van der Waals surface area (Å²) in [7, 11) is 2.03. The molecule has 2 aliphatic carbocycles. The van der Waals surface area contributed by atoms with Crippen LogP contribution < -0.4 is 0 Å². The number of hydrogen-bond acceptors (Lipinski definition) is 2. The van der Waals surface area contributed by atoms with Gasteiger partial charge in [0.25, 0.3) is 0 Å².